The molecule has 0 spiro atoms. The van der Waals surface area contributed by atoms with Crippen LogP contribution in [0.1, 0.15) is 72.9 Å². The number of anilines is 2. The van der Waals surface area contributed by atoms with Crippen LogP contribution in [0.25, 0.3) is 27.8 Å². The summed E-state index contributed by atoms with van der Waals surface area (Å²) in [5, 5.41) is 12.5. The number of rotatable bonds is 10. The van der Waals surface area contributed by atoms with Gasteiger partial charge in [0, 0.05) is 28.9 Å². The van der Waals surface area contributed by atoms with E-state index in [1.165, 1.54) is 61.2 Å². The van der Waals surface area contributed by atoms with Gasteiger partial charge in [-0.25, -0.2) is 5.01 Å². The van der Waals surface area contributed by atoms with Crippen molar-refractivity contribution in [1.82, 2.24) is 15.3 Å². The van der Waals surface area contributed by atoms with E-state index >= 15 is 0 Å². The van der Waals surface area contributed by atoms with Gasteiger partial charge in [0.05, 0.1) is 0 Å². The van der Waals surface area contributed by atoms with E-state index in [-0.39, 0.29) is 17.7 Å². The molecule has 0 saturated carbocycles. The first-order chi connectivity index (χ1) is 26.4. The number of benzene rings is 6. The van der Waals surface area contributed by atoms with Crippen molar-refractivity contribution in [3.05, 3.63) is 197 Å². The van der Waals surface area contributed by atoms with Crippen molar-refractivity contribution in [2.75, 3.05) is 12.4 Å². The molecule has 6 aromatic carbocycles. The Morgan fingerprint density at radius 2 is 1.44 bits per heavy atom. The molecule has 1 saturated heterocycles. The van der Waals surface area contributed by atoms with E-state index in [4.69, 9.17) is 0 Å². The lowest BCUT2D eigenvalue weighted by Gasteiger charge is -2.22. The average molecular weight is 705 g/mol. The lowest BCUT2D eigenvalue weighted by molar-refractivity contribution is 0.209. The first kappa shape index (κ1) is 34.3. The highest BCUT2D eigenvalue weighted by molar-refractivity contribution is 5.90. The number of nitrogens with one attached hydrogen (secondary N) is 2. The molecule has 1 aliphatic heterocycles. The summed E-state index contributed by atoms with van der Waals surface area (Å²) < 4.78 is 0. The predicted molar refractivity (Wildman–Crippen MR) is 225 cm³/mol. The van der Waals surface area contributed by atoms with Crippen LogP contribution < -0.4 is 10.6 Å². The molecule has 0 aromatic heterocycles. The van der Waals surface area contributed by atoms with E-state index in [0.29, 0.717) is 5.92 Å². The van der Waals surface area contributed by atoms with Crippen molar-refractivity contribution in [2.45, 2.75) is 51.5 Å². The highest BCUT2D eigenvalue weighted by atomic mass is 15.9. The van der Waals surface area contributed by atoms with Crippen LogP contribution in [0.5, 0.6) is 0 Å². The molecule has 268 valence electrons. The van der Waals surface area contributed by atoms with E-state index in [1.807, 2.05) is 0 Å². The van der Waals surface area contributed by atoms with Gasteiger partial charge in [-0.2, -0.15) is 5.01 Å². The van der Waals surface area contributed by atoms with Crippen LogP contribution in [0.15, 0.2) is 164 Å². The Labute approximate surface area is 320 Å². The molecule has 0 bridgehead atoms. The summed E-state index contributed by atoms with van der Waals surface area (Å²) >= 11 is 0. The molecule has 3 aliphatic rings. The Bertz CT molecular complexity index is 2370. The summed E-state index contributed by atoms with van der Waals surface area (Å²) in [4.78, 5) is 0. The average Bonchev–Trinajstić information content (AvgIpc) is 3.85. The zero-order chi connectivity index (χ0) is 36.8. The van der Waals surface area contributed by atoms with Crippen LogP contribution in [0.3, 0.4) is 0 Å². The van der Waals surface area contributed by atoms with Crippen molar-refractivity contribution in [1.29, 1.82) is 0 Å². The Morgan fingerprint density at radius 1 is 0.704 bits per heavy atom. The minimum Gasteiger partial charge on any atom is -0.355 e. The third-order valence-electron chi connectivity index (χ3n) is 11.6. The second kappa shape index (κ2) is 14.0. The second-order valence-corrected chi connectivity index (χ2v) is 15.6. The molecule has 4 nitrogen and oxygen atoms in total. The van der Waals surface area contributed by atoms with Crippen molar-refractivity contribution in [3.63, 3.8) is 0 Å². The summed E-state index contributed by atoms with van der Waals surface area (Å²) in [5.74, 6) is 0.569. The SMILES string of the molecule is CNC(c1cccc(Nc2cc(C3=CCC(C)C=C3)ccc2-c2ccc3c(c2)-c2ccccc2C3(C)C)c1)N1C(c2ccccc2)[N@]1Cc1ccccc1. The fourth-order valence-corrected chi connectivity index (χ4v) is 8.70. The molecule has 0 radical (unpaired) electrons. The summed E-state index contributed by atoms with van der Waals surface area (Å²) in [6.45, 7) is 7.81. The van der Waals surface area contributed by atoms with E-state index in [2.05, 4.69) is 212 Å². The minimum atomic E-state index is -0.0234. The van der Waals surface area contributed by atoms with E-state index in [9.17, 15) is 0 Å². The van der Waals surface area contributed by atoms with E-state index in [1.54, 1.807) is 0 Å². The molecule has 4 unspecified atom stereocenters. The fourth-order valence-electron chi connectivity index (χ4n) is 8.70. The monoisotopic (exact) mass is 704 g/mol. The van der Waals surface area contributed by atoms with Crippen molar-refractivity contribution >= 4 is 16.9 Å². The summed E-state index contributed by atoms with van der Waals surface area (Å²) in [5.41, 5.74) is 16.3. The molecule has 2 N–H and O–H groups in total. The van der Waals surface area contributed by atoms with Gasteiger partial charge < -0.3 is 5.32 Å². The largest absolute Gasteiger partial charge is 0.355 e. The smallest absolute Gasteiger partial charge is 0.117 e. The standard InChI is InChI=1S/C50H48N4/c1-34-22-24-36(25-23-34)38-26-28-42(39-27-29-46-44(31-39)43-20-11-12-21-45(43)50(46,2)3)47(32-38)52-41-19-13-18-40(30-41)48(51-4)54-49(37-16-9-6-10-17-37)53(54)33-35-14-7-5-8-15-35/h5-22,24-32,34,48-49,51-52H,23,33H2,1-4H3/t34?,48?,49?,53-,54?/m0/s1. The Kier molecular flexibility index (Phi) is 8.91. The zero-order valence-corrected chi connectivity index (χ0v) is 31.6. The van der Waals surface area contributed by atoms with Crippen LogP contribution >= 0.6 is 0 Å². The lowest BCUT2D eigenvalue weighted by Crippen LogP contribution is -2.26. The topological polar surface area (TPSA) is 30.1 Å². The predicted octanol–water partition coefficient (Wildman–Crippen LogP) is 12.0. The molecule has 5 atom stereocenters. The van der Waals surface area contributed by atoms with Crippen LogP contribution in [0, 0.1) is 5.92 Å². The second-order valence-electron chi connectivity index (χ2n) is 15.6. The quantitative estimate of drug-likeness (QED) is 0.139. The molecule has 1 heterocycles. The van der Waals surface area contributed by atoms with Crippen LogP contribution in [-0.2, 0) is 12.0 Å². The number of allylic oxidation sites excluding steroid dienone is 4. The van der Waals surface area contributed by atoms with Gasteiger partial charge in [-0.1, -0.05) is 160 Å². The summed E-state index contributed by atoms with van der Waals surface area (Å²) in [6.07, 6.45) is 8.22. The third-order valence-corrected chi connectivity index (χ3v) is 11.6. The van der Waals surface area contributed by atoms with Crippen LogP contribution in [0.2, 0.25) is 0 Å². The Morgan fingerprint density at radius 3 is 2.22 bits per heavy atom. The van der Waals surface area contributed by atoms with Crippen LogP contribution in [-0.4, -0.2) is 17.1 Å². The molecular formula is C50H48N4. The summed E-state index contributed by atoms with van der Waals surface area (Å²) in [6, 6.07) is 53.4. The summed E-state index contributed by atoms with van der Waals surface area (Å²) in [7, 11) is 2.06. The first-order valence-corrected chi connectivity index (χ1v) is 19.3. The van der Waals surface area contributed by atoms with Gasteiger partial charge in [-0.3, -0.25) is 5.32 Å². The highest BCUT2D eigenvalue weighted by Gasteiger charge is 2.50. The van der Waals surface area contributed by atoms with Gasteiger partial charge >= 0.3 is 0 Å². The first-order valence-electron chi connectivity index (χ1n) is 19.3. The van der Waals surface area contributed by atoms with Gasteiger partial charge in [0.25, 0.3) is 0 Å². The van der Waals surface area contributed by atoms with Gasteiger partial charge in [-0.05, 0) is 99.3 Å². The molecule has 4 heteroatoms. The van der Waals surface area contributed by atoms with Crippen molar-refractivity contribution in [2.24, 2.45) is 5.92 Å². The highest BCUT2D eigenvalue weighted by Crippen LogP contribution is 2.51. The minimum absolute atomic E-state index is 0.00822. The molecule has 6 aromatic rings. The maximum Gasteiger partial charge on any atom is 0.117 e. The number of hydrogen-bond acceptors (Lipinski definition) is 4. The van der Waals surface area contributed by atoms with Gasteiger partial charge in [-0.15, -0.1) is 0 Å². The van der Waals surface area contributed by atoms with Crippen molar-refractivity contribution < 1.29 is 0 Å². The van der Waals surface area contributed by atoms with E-state index in [0.717, 1.165) is 24.3 Å². The molecule has 1 fully saturated rings. The van der Waals surface area contributed by atoms with Gasteiger partial charge in [0.2, 0.25) is 0 Å². The zero-order valence-electron chi connectivity index (χ0n) is 31.6. The molecular weight excluding hydrogens is 657 g/mol. The van der Waals surface area contributed by atoms with Gasteiger partial charge in [0.15, 0.2) is 0 Å². The Hall–Kier alpha value is -5.52. The molecule has 2 aliphatic carbocycles. The lowest BCUT2D eigenvalue weighted by atomic mass is 9.82. The molecule has 9 rings (SSSR count). The fraction of sp³-hybridized carbons (Fsp3) is 0.200. The number of nitrogens with zero attached hydrogens (tertiary/aromatic N) is 2. The number of hydrazine groups is 1. The molecule has 54 heavy (non-hydrogen) atoms. The number of fused-ring (bicyclic) bond motifs is 3. The maximum atomic E-state index is 3.92. The Balaban J connectivity index is 1.07. The van der Waals surface area contributed by atoms with Gasteiger partial charge in [0.1, 0.15) is 12.3 Å². The maximum absolute atomic E-state index is 3.92. The van der Waals surface area contributed by atoms with Crippen LogP contribution in [0.4, 0.5) is 11.4 Å². The normalized spacial score (nSPS) is 21.1. The number of hydrogen-bond donors (Lipinski definition) is 2. The van der Waals surface area contributed by atoms with E-state index < -0.39 is 0 Å². The molecule has 0 amide bonds. The third kappa shape index (κ3) is 6.31. The van der Waals surface area contributed by atoms with Crippen molar-refractivity contribution in [3.8, 4) is 22.3 Å².